The molecule has 0 spiro atoms. The van der Waals surface area contributed by atoms with E-state index in [2.05, 4.69) is 40.9 Å². The van der Waals surface area contributed by atoms with Gasteiger partial charge in [0.25, 0.3) is 0 Å². The summed E-state index contributed by atoms with van der Waals surface area (Å²) in [7, 11) is 0.130. The predicted molar refractivity (Wildman–Crippen MR) is 71.2 cm³/mol. The van der Waals surface area contributed by atoms with Crippen LogP contribution < -0.4 is 0 Å². The number of hydrogen-bond donors (Lipinski definition) is 0. The standard InChI is InChI=1S/C15H7OP/c1-2-3-12-17-13-8-7-11-15(16)14-9-5-4-6-10-14/h1,4-6,9-10,17H. The monoisotopic (exact) mass is 234 g/mol. The third kappa shape index (κ3) is 5.26. The van der Waals surface area contributed by atoms with Crippen molar-refractivity contribution in [2.75, 3.05) is 0 Å². The molecule has 0 amide bonds. The minimum Gasteiger partial charge on any atom is -0.279 e. The lowest BCUT2D eigenvalue weighted by Crippen LogP contribution is -1.92. The van der Waals surface area contributed by atoms with Gasteiger partial charge >= 0.3 is 0 Å². The number of carbonyl (C=O) groups is 1. The van der Waals surface area contributed by atoms with Crippen LogP contribution in [-0.2, 0) is 0 Å². The van der Waals surface area contributed by atoms with Crippen LogP contribution in [0.25, 0.3) is 0 Å². The number of ketones is 1. The van der Waals surface area contributed by atoms with Gasteiger partial charge in [0.15, 0.2) is 0 Å². The average molecular weight is 234 g/mol. The van der Waals surface area contributed by atoms with Gasteiger partial charge in [-0.15, -0.1) is 6.42 Å². The van der Waals surface area contributed by atoms with E-state index < -0.39 is 0 Å². The number of carbonyl (C=O) groups excluding carboxylic acids is 1. The third-order valence-electron chi connectivity index (χ3n) is 1.60. The second kappa shape index (κ2) is 7.80. The molecule has 78 valence electrons. The zero-order chi connectivity index (χ0) is 12.3. The number of rotatable bonds is 1. The first-order valence-electron chi connectivity index (χ1n) is 4.65. The van der Waals surface area contributed by atoms with E-state index in [9.17, 15) is 4.79 Å². The Morgan fingerprint density at radius 3 is 2.47 bits per heavy atom. The highest BCUT2D eigenvalue weighted by atomic mass is 31.1. The Kier molecular flexibility index (Phi) is 5.79. The van der Waals surface area contributed by atoms with Crippen LogP contribution in [-0.4, -0.2) is 5.78 Å². The Morgan fingerprint density at radius 1 is 1.06 bits per heavy atom. The molecular weight excluding hydrogens is 227 g/mol. The molecule has 0 aliphatic carbocycles. The number of terminal acetylenes is 1. The molecule has 1 nitrogen and oxygen atoms in total. The summed E-state index contributed by atoms with van der Waals surface area (Å²) in [6.07, 6.45) is 4.93. The molecule has 0 bridgehead atoms. The van der Waals surface area contributed by atoms with Crippen molar-refractivity contribution in [1.29, 1.82) is 0 Å². The summed E-state index contributed by atoms with van der Waals surface area (Å²) < 4.78 is 0. The molecule has 0 saturated carbocycles. The maximum atomic E-state index is 11.5. The summed E-state index contributed by atoms with van der Waals surface area (Å²) >= 11 is 0. The highest BCUT2D eigenvalue weighted by Gasteiger charge is 1.97. The third-order valence-corrected chi connectivity index (χ3v) is 2.10. The molecule has 1 unspecified atom stereocenters. The van der Waals surface area contributed by atoms with Crippen LogP contribution in [0.2, 0.25) is 0 Å². The first-order valence-corrected chi connectivity index (χ1v) is 5.65. The maximum Gasteiger partial charge on any atom is 0.236 e. The highest BCUT2D eigenvalue weighted by molar-refractivity contribution is 7.49. The topological polar surface area (TPSA) is 17.1 Å². The quantitative estimate of drug-likeness (QED) is 0.315. The number of hydrogen-bond acceptors (Lipinski definition) is 1. The summed E-state index contributed by atoms with van der Waals surface area (Å²) in [6, 6.07) is 8.85. The van der Waals surface area contributed by atoms with E-state index in [1.165, 1.54) is 0 Å². The number of Topliss-reactive ketones (excluding diaryl/α,β-unsaturated/α-hetero) is 1. The fraction of sp³-hybridized carbons (Fsp3) is 0. The Morgan fingerprint density at radius 2 is 1.76 bits per heavy atom. The van der Waals surface area contributed by atoms with Gasteiger partial charge in [-0.3, -0.25) is 4.79 Å². The van der Waals surface area contributed by atoms with E-state index in [0.29, 0.717) is 5.56 Å². The van der Waals surface area contributed by atoms with Crippen LogP contribution in [0.15, 0.2) is 30.3 Å². The van der Waals surface area contributed by atoms with Gasteiger partial charge in [-0.1, -0.05) is 41.7 Å². The molecule has 0 N–H and O–H groups in total. The molecule has 1 aromatic carbocycles. The van der Waals surface area contributed by atoms with Crippen LogP contribution in [0.5, 0.6) is 0 Å². The average Bonchev–Trinajstić information content (AvgIpc) is 2.38. The molecule has 1 aromatic rings. The molecule has 17 heavy (non-hydrogen) atoms. The van der Waals surface area contributed by atoms with Crippen LogP contribution in [0.1, 0.15) is 10.4 Å². The van der Waals surface area contributed by atoms with Gasteiger partial charge in [0.2, 0.25) is 5.78 Å². The van der Waals surface area contributed by atoms with Gasteiger partial charge in [0.1, 0.15) is 0 Å². The Bertz CT molecular complexity index is 616. The van der Waals surface area contributed by atoms with Crippen LogP contribution in [0, 0.1) is 47.3 Å². The first-order chi connectivity index (χ1) is 8.34. The van der Waals surface area contributed by atoms with Gasteiger partial charge in [-0.2, -0.15) is 0 Å². The van der Waals surface area contributed by atoms with Crippen molar-refractivity contribution in [2.45, 2.75) is 0 Å². The first kappa shape index (κ1) is 12.6. The smallest absolute Gasteiger partial charge is 0.236 e. The van der Waals surface area contributed by atoms with Crippen LogP contribution in [0.4, 0.5) is 0 Å². The van der Waals surface area contributed by atoms with E-state index in [4.69, 9.17) is 6.42 Å². The fourth-order valence-electron chi connectivity index (χ4n) is 0.911. The van der Waals surface area contributed by atoms with Crippen LogP contribution >= 0.6 is 8.58 Å². The molecule has 2 heteroatoms. The molecule has 0 saturated heterocycles. The van der Waals surface area contributed by atoms with Crippen molar-refractivity contribution in [3.8, 4) is 47.3 Å². The van der Waals surface area contributed by atoms with Crippen molar-refractivity contribution in [3.63, 3.8) is 0 Å². The van der Waals surface area contributed by atoms with Crippen LogP contribution in [0.3, 0.4) is 0 Å². The Labute approximate surface area is 103 Å². The summed E-state index contributed by atoms with van der Waals surface area (Å²) in [5.74, 6) is 11.9. The molecule has 0 aromatic heterocycles. The van der Waals surface area contributed by atoms with Crippen molar-refractivity contribution < 1.29 is 4.79 Å². The second-order valence-electron chi connectivity index (χ2n) is 2.71. The van der Waals surface area contributed by atoms with Crippen molar-refractivity contribution in [3.05, 3.63) is 35.9 Å². The Hall–Kier alpha value is -2.44. The van der Waals surface area contributed by atoms with Crippen molar-refractivity contribution in [2.24, 2.45) is 0 Å². The zero-order valence-electron chi connectivity index (χ0n) is 8.87. The minimum absolute atomic E-state index is 0.130. The van der Waals surface area contributed by atoms with E-state index in [1.54, 1.807) is 24.3 Å². The molecular formula is C15H7OP. The normalized spacial score (nSPS) is 7.71. The lowest BCUT2D eigenvalue weighted by molar-refractivity contribution is 0.105. The van der Waals surface area contributed by atoms with Crippen molar-refractivity contribution >= 4 is 14.4 Å². The molecule has 0 aliphatic rings. The van der Waals surface area contributed by atoms with Gasteiger partial charge in [0, 0.05) is 14.1 Å². The van der Waals surface area contributed by atoms with E-state index >= 15 is 0 Å². The van der Waals surface area contributed by atoms with Crippen molar-refractivity contribution in [1.82, 2.24) is 0 Å². The lowest BCUT2D eigenvalue weighted by Gasteiger charge is -1.89. The largest absolute Gasteiger partial charge is 0.279 e. The second-order valence-corrected chi connectivity index (χ2v) is 3.46. The van der Waals surface area contributed by atoms with Gasteiger partial charge in [0.05, 0.1) is 0 Å². The van der Waals surface area contributed by atoms with E-state index in [1.807, 2.05) is 6.07 Å². The molecule has 0 heterocycles. The molecule has 1 rings (SSSR count). The summed E-state index contributed by atoms with van der Waals surface area (Å²) in [5, 5.41) is 0. The Balaban J connectivity index is 2.57. The summed E-state index contributed by atoms with van der Waals surface area (Å²) in [5.41, 5.74) is 5.95. The lowest BCUT2D eigenvalue weighted by atomic mass is 10.1. The zero-order valence-corrected chi connectivity index (χ0v) is 9.87. The van der Waals surface area contributed by atoms with E-state index in [0.717, 1.165) is 0 Å². The molecule has 0 fully saturated rings. The SMILES string of the molecule is C#CC#CPC#CC#CC(=O)c1ccccc1. The van der Waals surface area contributed by atoms with Gasteiger partial charge < -0.3 is 0 Å². The van der Waals surface area contributed by atoms with E-state index in [-0.39, 0.29) is 14.4 Å². The van der Waals surface area contributed by atoms with Gasteiger partial charge in [-0.25, -0.2) is 0 Å². The molecule has 0 radical (unpaired) electrons. The molecule has 1 atom stereocenters. The molecule has 0 aliphatic heterocycles. The minimum atomic E-state index is -0.238. The summed E-state index contributed by atoms with van der Waals surface area (Å²) in [4.78, 5) is 11.5. The highest BCUT2D eigenvalue weighted by Crippen LogP contribution is 2.01. The summed E-state index contributed by atoms with van der Waals surface area (Å²) in [6.45, 7) is 0. The predicted octanol–water partition coefficient (Wildman–Crippen LogP) is 2.11. The number of benzene rings is 1. The fourth-order valence-corrected chi connectivity index (χ4v) is 1.23. The van der Waals surface area contributed by atoms with Gasteiger partial charge in [-0.05, 0) is 29.6 Å². The maximum absolute atomic E-state index is 11.5.